The third-order valence-electron chi connectivity index (χ3n) is 2.99. The number of nitrogens with zero attached hydrogens (tertiary/aromatic N) is 2. The molecule has 0 aliphatic heterocycles. The summed E-state index contributed by atoms with van der Waals surface area (Å²) in [6.07, 6.45) is 0. The van der Waals surface area contributed by atoms with E-state index in [1.807, 2.05) is 6.92 Å². The number of rotatable bonds is 4. The van der Waals surface area contributed by atoms with Crippen LogP contribution < -0.4 is 4.74 Å². The molecule has 20 heavy (non-hydrogen) atoms. The van der Waals surface area contributed by atoms with Gasteiger partial charge in [-0.15, -0.1) is 0 Å². The van der Waals surface area contributed by atoms with Crippen LogP contribution in [0, 0.1) is 13.8 Å². The lowest BCUT2D eigenvalue weighted by molar-refractivity contribution is 0.0691. The molecule has 0 fully saturated rings. The van der Waals surface area contributed by atoms with Gasteiger partial charge in [0.1, 0.15) is 17.9 Å². The molecular formula is C14H15ClN2O3. The largest absolute Gasteiger partial charge is 0.486 e. The molecular weight excluding hydrogens is 280 g/mol. The highest BCUT2D eigenvalue weighted by Crippen LogP contribution is 2.24. The first-order valence-corrected chi connectivity index (χ1v) is 6.42. The number of aromatic nitrogens is 2. The zero-order valence-electron chi connectivity index (χ0n) is 11.5. The van der Waals surface area contributed by atoms with E-state index in [4.69, 9.17) is 16.3 Å². The molecule has 0 atom stereocenters. The van der Waals surface area contributed by atoms with Crippen molar-refractivity contribution < 1.29 is 14.6 Å². The van der Waals surface area contributed by atoms with Crippen molar-refractivity contribution in [3.05, 3.63) is 45.7 Å². The summed E-state index contributed by atoms with van der Waals surface area (Å²) in [6, 6.07) is 5.03. The van der Waals surface area contributed by atoms with Crippen molar-refractivity contribution in [3.63, 3.8) is 0 Å². The normalized spacial score (nSPS) is 10.6. The van der Waals surface area contributed by atoms with Gasteiger partial charge in [-0.05, 0) is 26.0 Å². The molecule has 1 aromatic heterocycles. The summed E-state index contributed by atoms with van der Waals surface area (Å²) in [4.78, 5) is 11.2. The first kappa shape index (κ1) is 14.4. The molecule has 1 heterocycles. The Hall–Kier alpha value is -2.01. The van der Waals surface area contributed by atoms with Gasteiger partial charge in [-0.2, -0.15) is 5.10 Å². The fourth-order valence-corrected chi connectivity index (χ4v) is 2.13. The fourth-order valence-electron chi connectivity index (χ4n) is 1.92. The van der Waals surface area contributed by atoms with Crippen LogP contribution in [0.2, 0.25) is 5.02 Å². The Morgan fingerprint density at radius 2 is 2.15 bits per heavy atom. The summed E-state index contributed by atoms with van der Waals surface area (Å²) in [5, 5.41) is 13.9. The Morgan fingerprint density at radius 1 is 1.45 bits per heavy atom. The van der Waals surface area contributed by atoms with Crippen molar-refractivity contribution in [1.29, 1.82) is 0 Å². The number of benzene rings is 1. The minimum atomic E-state index is -1.02. The van der Waals surface area contributed by atoms with E-state index in [-0.39, 0.29) is 12.2 Å². The third kappa shape index (κ3) is 2.77. The van der Waals surface area contributed by atoms with Crippen LogP contribution in [0.15, 0.2) is 18.2 Å². The average molecular weight is 295 g/mol. The van der Waals surface area contributed by atoms with Crippen LogP contribution in [0.3, 0.4) is 0 Å². The number of hydrogen-bond donors (Lipinski definition) is 1. The topological polar surface area (TPSA) is 64.4 Å². The van der Waals surface area contributed by atoms with Gasteiger partial charge in [0.2, 0.25) is 0 Å². The molecule has 0 radical (unpaired) electrons. The quantitative estimate of drug-likeness (QED) is 0.941. The number of halogens is 1. The molecule has 1 aromatic carbocycles. The monoisotopic (exact) mass is 294 g/mol. The van der Waals surface area contributed by atoms with Gasteiger partial charge in [0, 0.05) is 7.05 Å². The molecule has 0 saturated heterocycles. The highest BCUT2D eigenvalue weighted by Gasteiger charge is 2.15. The van der Waals surface area contributed by atoms with Crippen molar-refractivity contribution in [1.82, 2.24) is 9.78 Å². The van der Waals surface area contributed by atoms with E-state index >= 15 is 0 Å². The minimum absolute atomic E-state index is 0.139. The Bertz CT molecular complexity index is 665. The molecule has 0 amide bonds. The molecule has 2 rings (SSSR count). The molecule has 0 saturated carbocycles. The van der Waals surface area contributed by atoms with Gasteiger partial charge in [0.15, 0.2) is 0 Å². The lowest BCUT2D eigenvalue weighted by Gasteiger charge is -2.10. The van der Waals surface area contributed by atoms with Crippen molar-refractivity contribution in [3.8, 4) is 5.75 Å². The smallest absolute Gasteiger partial charge is 0.339 e. The van der Waals surface area contributed by atoms with Crippen LogP contribution in [0.25, 0.3) is 0 Å². The highest BCUT2D eigenvalue weighted by atomic mass is 35.5. The third-order valence-corrected chi connectivity index (χ3v) is 3.48. The zero-order chi connectivity index (χ0) is 14.9. The predicted molar refractivity (Wildman–Crippen MR) is 75.4 cm³/mol. The summed E-state index contributed by atoms with van der Waals surface area (Å²) in [7, 11) is 1.77. The summed E-state index contributed by atoms with van der Waals surface area (Å²) < 4.78 is 7.22. The molecule has 2 aromatic rings. The first-order chi connectivity index (χ1) is 9.40. The van der Waals surface area contributed by atoms with Gasteiger partial charge in [-0.25, -0.2) is 4.79 Å². The van der Waals surface area contributed by atoms with Gasteiger partial charge >= 0.3 is 5.97 Å². The second kappa shape index (κ2) is 5.54. The summed E-state index contributed by atoms with van der Waals surface area (Å²) in [5.41, 5.74) is 2.43. The SMILES string of the molecule is Cc1ccc(OCc2c(Cl)c(C)nn2C)c(C(=O)O)c1. The van der Waals surface area contributed by atoms with E-state index in [1.54, 1.807) is 36.9 Å². The number of carboxylic acids is 1. The van der Waals surface area contributed by atoms with E-state index in [0.29, 0.717) is 16.5 Å². The second-order valence-corrected chi connectivity index (χ2v) is 4.94. The maximum absolute atomic E-state index is 11.2. The molecule has 0 spiro atoms. The predicted octanol–water partition coefficient (Wildman–Crippen LogP) is 2.97. The molecule has 5 nitrogen and oxygen atoms in total. The van der Waals surface area contributed by atoms with Crippen LogP contribution in [0.5, 0.6) is 5.75 Å². The van der Waals surface area contributed by atoms with Crippen molar-refractivity contribution in [2.75, 3.05) is 0 Å². The molecule has 0 aliphatic carbocycles. The summed E-state index contributed by atoms with van der Waals surface area (Å²) in [6.45, 7) is 3.80. The first-order valence-electron chi connectivity index (χ1n) is 6.05. The Kier molecular flexibility index (Phi) is 3.99. The maximum Gasteiger partial charge on any atom is 0.339 e. The number of aromatic carboxylic acids is 1. The van der Waals surface area contributed by atoms with Gasteiger partial charge in [-0.1, -0.05) is 23.2 Å². The van der Waals surface area contributed by atoms with Crippen LogP contribution >= 0.6 is 11.6 Å². The Morgan fingerprint density at radius 3 is 2.70 bits per heavy atom. The highest BCUT2D eigenvalue weighted by molar-refractivity contribution is 6.31. The van der Waals surface area contributed by atoms with Crippen molar-refractivity contribution in [2.24, 2.45) is 7.05 Å². The van der Waals surface area contributed by atoms with E-state index in [2.05, 4.69) is 5.10 Å². The number of hydrogen-bond acceptors (Lipinski definition) is 3. The summed E-state index contributed by atoms with van der Waals surface area (Å²) >= 11 is 6.13. The molecule has 1 N–H and O–H groups in total. The standard InChI is InChI=1S/C14H15ClN2O3/c1-8-4-5-12(10(6-8)14(18)19)20-7-11-13(15)9(2)16-17(11)3/h4-6H,7H2,1-3H3,(H,18,19). The second-order valence-electron chi connectivity index (χ2n) is 4.56. The van der Waals surface area contributed by atoms with Crippen molar-refractivity contribution in [2.45, 2.75) is 20.5 Å². The maximum atomic E-state index is 11.2. The number of carboxylic acid groups (broad SMARTS) is 1. The number of carbonyl (C=O) groups is 1. The molecule has 0 bridgehead atoms. The van der Waals surface area contributed by atoms with Crippen molar-refractivity contribution >= 4 is 17.6 Å². The van der Waals surface area contributed by atoms with Gasteiger partial charge in [0.25, 0.3) is 0 Å². The lowest BCUT2D eigenvalue weighted by Crippen LogP contribution is -2.07. The van der Waals surface area contributed by atoms with E-state index < -0.39 is 5.97 Å². The molecule has 0 unspecified atom stereocenters. The number of aryl methyl sites for hydroxylation is 3. The number of ether oxygens (including phenoxy) is 1. The molecule has 106 valence electrons. The van der Waals surface area contributed by atoms with Crippen LogP contribution in [0.4, 0.5) is 0 Å². The zero-order valence-corrected chi connectivity index (χ0v) is 12.2. The van der Waals surface area contributed by atoms with Crippen LogP contribution in [-0.4, -0.2) is 20.9 Å². The van der Waals surface area contributed by atoms with Crippen LogP contribution in [-0.2, 0) is 13.7 Å². The van der Waals surface area contributed by atoms with Gasteiger partial charge in [-0.3, -0.25) is 4.68 Å². The van der Waals surface area contributed by atoms with E-state index in [0.717, 1.165) is 11.3 Å². The average Bonchev–Trinajstić information content (AvgIpc) is 2.62. The van der Waals surface area contributed by atoms with E-state index in [1.165, 1.54) is 0 Å². The minimum Gasteiger partial charge on any atom is -0.486 e. The summed E-state index contributed by atoms with van der Waals surface area (Å²) in [5.74, 6) is -0.700. The van der Waals surface area contributed by atoms with Gasteiger partial charge in [0.05, 0.1) is 16.4 Å². The van der Waals surface area contributed by atoms with E-state index in [9.17, 15) is 9.90 Å². The molecule has 0 aliphatic rings. The van der Waals surface area contributed by atoms with Gasteiger partial charge < -0.3 is 9.84 Å². The molecule has 6 heteroatoms. The Labute approximate surface area is 121 Å². The van der Waals surface area contributed by atoms with Crippen LogP contribution in [0.1, 0.15) is 27.3 Å². The fraction of sp³-hybridized carbons (Fsp3) is 0.286. The lowest BCUT2D eigenvalue weighted by atomic mass is 10.1. The Balaban J connectivity index is 2.25.